The van der Waals surface area contributed by atoms with E-state index in [9.17, 15) is 0 Å². The molecule has 1 N–H and O–H groups in total. The van der Waals surface area contributed by atoms with Crippen molar-refractivity contribution < 1.29 is 4.52 Å². The molecule has 9 heavy (non-hydrogen) atoms. The van der Waals surface area contributed by atoms with Gasteiger partial charge in [-0.05, 0) is 6.54 Å². The van der Waals surface area contributed by atoms with Crippen LogP contribution in [0.5, 0.6) is 0 Å². The van der Waals surface area contributed by atoms with E-state index in [1.54, 1.807) is 0 Å². The maximum atomic E-state index is 4.71. The minimum Gasteiger partial charge on any atom is -0.338 e. The van der Waals surface area contributed by atoms with E-state index in [4.69, 9.17) is 4.52 Å². The third-order valence-corrected chi connectivity index (χ3v) is 0.933. The van der Waals surface area contributed by atoms with Crippen LogP contribution < -0.4 is 5.32 Å². The molecule has 0 amide bonds. The maximum Gasteiger partial charge on any atom is 0.240 e. The van der Waals surface area contributed by atoms with Gasteiger partial charge in [-0.2, -0.15) is 4.98 Å². The molecule has 0 bridgehead atoms. The first-order chi connectivity index (χ1) is 4.43. The second-order valence-corrected chi connectivity index (χ2v) is 1.62. The van der Waals surface area contributed by atoms with Crippen LogP contribution in [-0.4, -0.2) is 16.7 Å². The number of nitrogens with zero attached hydrogens (tertiary/aromatic N) is 2. The van der Waals surface area contributed by atoms with Crippen molar-refractivity contribution in [1.29, 1.82) is 0 Å². The van der Waals surface area contributed by atoms with Gasteiger partial charge in [-0.3, -0.25) is 0 Å². The second kappa shape index (κ2) is 3.19. The van der Waals surface area contributed by atoms with Crippen LogP contribution in [0.25, 0.3) is 0 Å². The Labute approximate surface area is 53.3 Å². The molecule has 0 saturated carbocycles. The number of hydrogen-bond donors (Lipinski definition) is 1. The highest BCUT2D eigenvalue weighted by atomic mass is 16.5. The summed E-state index contributed by atoms with van der Waals surface area (Å²) in [4.78, 5) is 3.81. The molecule has 0 fully saturated rings. The van der Waals surface area contributed by atoms with Gasteiger partial charge in [-0.25, -0.2) is 0 Å². The van der Waals surface area contributed by atoms with Crippen molar-refractivity contribution in [3.8, 4) is 0 Å². The fourth-order valence-corrected chi connectivity index (χ4v) is 0.506. The molecule has 0 spiro atoms. The summed E-state index contributed by atoms with van der Waals surface area (Å²) in [7, 11) is 0. The van der Waals surface area contributed by atoms with Crippen molar-refractivity contribution in [1.82, 2.24) is 15.5 Å². The van der Waals surface area contributed by atoms with Gasteiger partial charge in [0.15, 0.2) is 6.33 Å². The van der Waals surface area contributed by atoms with Gasteiger partial charge >= 0.3 is 0 Å². The van der Waals surface area contributed by atoms with E-state index >= 15 is 0 Å². The summed E-state index contributed by atoms with van der Waals surface area (Å²) in [5, 5.41) is 6.50. The molecule has 1 rings (SSSR count). The zero-order chi connectivity index (χ0) is 6.53. The average Bonchev–Trinajstić information content (AvgIpc) is 2.34. The number of hydrogen-bond acceptors (Lipinski definition) is 4. The second-order valence-electron chi connectivity index (χ2n) is 1.62. The summed E-state index contributed by atoms with van der Waals surface area (Å²) in [6, 6.07) is 0. The molecule has 1 aromatic heterocycles. The molecule has 1 aromatic rings. The largest absolute Gasteiger partial charge is 0.338 e. The predicted molar refractivity (Wildman–Crippen MR) is 31.7 cm³/mol. The minimum atomic E-state index is 0.636. The Morgan fingerprint density at radius 1 is 1.78 bits per heavy atom. The standard InChI is InChI=1S/C5H9N3O/c1-2-6-3-5-7-4-8-9-5/h4,6H,2-3H2,1H3. The molecule has 0 atom stereocenters. The van der Waals surface area contributed by atoms with E-state index in [1.807, 2.05) is 6.92 Å². The smallest absolute Gasteiger partial charge is 0.240 e. The van der Waals surface area contributed by atoms with Crippen LogP contribution in [0.1, 0.15) is 12.8 Å². The van der Waals surface area contributed by atoms with E-state index in [0.29, 0.717) is 12.4 Å². The van der Waals surface area contributed by atoms with Crippen LogP contribution in [-0.2, 0) is 6.54 Å². The van der Waals surface area contributed by atoms with Gasteiger partial charge < -0.3 is 9.84 Å². The molecule has 0 radical (unpaired) electrons. The lowest BCUT2D eigenvalue weighted by Gasteiger charge is -1.91. The summed E-state index contributed by atoms with van der Waals surface area (Å²) in [6.45, 7) is 3.61. The van der Waals surface area contributed by atoms with Crippen molar-refractivity contribution in [3.63, 3.8) is 0 Å². The number of aromatic nitrogens is 2. The van der Waals surface area contributed by atoms with Crippen LogP contribution in [0.4, 0.5) is 0 Å². The summed E-state index contributed by atoms with van der Waals surface area (Å²) < 4.78 is 4.71. The Balaban J connectivity index is 2.30. The molecule has 0 saturated heterocycles. The van der Waals surface area contributed by atoms with Crippen molar-refractivity contribution in [3.05, 3.63) is 12.2 Å². The number of nitrogens with one attached hydrogen (secondary N) is 1. The van der Waals surface area contributed by atoms with E-state index < -0.39 is 0 Å². The first-order valence-electron chi connectivity index (χ1n) is 2.89. The van der Waals surface area contributed by atoms with Crippen LogP contribution in [0, 0.1) is 0 Å². The zero-order valence-corrected chi connectivity index (χ0v) is 5.29. The van der Waals surface area contributed by atoms with Gasteiger partial charge in [0, 0.05) is 0 Å². The van der Waals surface area contributed by atoms with Gasteiger partial charge in [-0.15, -0.1) is 0 Å². The summed E-state index contributed by atoms with van der Waals surface area (Å²) >= 11 is 0. The van der Waals surface area contributed by atoms with Crippen LogP contribution in [0.15, 0.2) is 10.9 Å². The van der Waals surface area contributed by atoms with E-state index in [0.717, 1.165) is 6.54 Å². The quantitative estimate of drug-likeness (QED) is 0.629. The van der Waals surface area contributed by atoms with E-state index in [1.165, 1.54) is 6.33 Å². The highest BCUT2D eigenvalue weighted by molar-refractivity contribution is 4.71. The molecule has 4 heteroatoms. The Morgan fingerprint density at radius 3 is 3.22 bits per heavy atom. The van der Waals surface area contributed by atoms with Crippen molar-refractivity contribution >= 4 is 0 Å². The summed E-state index contributed by atoms with van der Waals surface area (Å²) in [5.74, 6) is 0.636. The fraction of sp³-hybridized carbons (Fsp3) is 0.600. The molecule has 50 valence electrons. The van der Waals surface area contributed by atoms with Gasteiger partial charge in [0.25, 0.3) is 0 Å². The first kappa shape index (κ1) is 6.22. The summed E-state index contributed by atoms with van der Waals surface area (Å²) in [6.07, 6.45) is 1.40. The molecule has 0 aliphatic rings. The van der Waals surface area contributed by atoms with E-state index in [2.05, 4.69) is 15.5 Å². The molecular formula is C5H9N3O. The van der Waals surface area contributed by atoms with Crippen LogP contribution in [0.2, 0.25) is 0 Å². The Bertz CT molecular complexity index is 149. The number of rotatable bonds is 3. The normalized spacial score (nSPS) is 9.89. The molecule has 0 unspecified atom stereocenters. The first-order valence-corrected chi connectivity index (χ1v) is 2.89. The lowest BCUT2D eigenvalue weighted by atomic mass is 10.6. The lowest BCUT2D eigenvalue weighted by molar-refractivity contribution is 0.368. The molecular weight excluding hydrogens is 118 g/mol. The third kappa shape index (κ3) is 1.81. The Morgan fingerprint density at radius 2 is 2.67 bits per heavy atom. The molecule has 0 aliphatic carbocycles. The van der Waals surface area contributed by atoms with Gasteiger partial charge in [0.1, 0.15) is 0 Å². The zero-order valence-electron chi connectivity index (χ0n) is 5.29. The van der Waals surface area contributed by atoms with E-state index in [-0.39, 0.29) is 0 Å². The van der Waals surface area contributed by atoms with Crippen LogP contribution >= 0.6 is 0 Å². The van der Waals surface area contributed by atoms with Crippen molar-refractivity contribution in [2.75, 3.05) is 6.54 Å². The monoisotopic (exact) mass is 127 g/mol. The topological polar surface area (TPSA) is 51.0 Å². The van der Waals surface area contributed by atoms with Gasteiger partial charge in [0.05, 0.1) is 6.54 Å². The Hall–Kier alpha value is -0.900. The molecule has 4 nitrogen and oxygen atoms in total. The average molecular weight is 127 g/mol. The molecule has 0 aromatic carbocycles. The summed E-state index contributed by atoms with van der Waals surface area (Å²) in [5.41, 5.74) is 0. The lowest BCUT2D eigenvalue weighted by Crippen LogP contribution is -2.11. The fourth-order valence-electron chi connectivity index (χ4n) is 0.506. The molecule has 1 heterocycles. The Kier molecular flexibility index (Phi) is 2.21. The molecule has 0 aliphatic heterocycles. The van der Waals surface area contributed by atoms with Crippen LogP contribution in [0.3, 0.4) is 0 Å². The van der Waals surface area contributed by atoms with Crippen molar-refractivity contribution in [2.45, 2.75) is 13.5 Å². The maximum absolute atomic E-state index is 4.71. The SMILES string of the molecule is CCNCc1ncno1. The highest BCUT2D eigenvalue weighted by Gasteiger charge is 1.93. The minimum absolute atomic E-state index is 0.636. The predicted octanol–water partition coefficient (Wildman–Crippen LogP) is 0.179. The van der Waals surface area contributed by atoms with Gasteiger partial charge in [-0.1, -0.05) is 12.1 Å². The van der Waals surface area contributed by atoms with Crippen molar-refractivity contribution in [2.24, 2.45) is 0 Å². The van der Waals surface area contributed by atoms with Gasteiger partial charge in [0.2, 0.25) is 5.89 Å². The third-order valence-electron chi connectivity index (χ3n) is 0.933. The highest BCUT2D eigenvalue weighted by Crippen LogP contribution is 1.87.